The Morgan fingerprint density at radius 3 is 1.72 bits per heavy atom. The van der Waals surface area contributed by atoms with Gasteiger partial charge >= 0.3 is 0 Å². The second kappa shape index (κ2) is 8.33. The lowest BCUT2D eigenvalue weighted by Crippen LogP contribution is -2.36. The summed E-state index contributed by atoms with van der Waals surface area (Å²) in [6.07, 6.45) is 4.81. The average molecular weight is 505 g/mol. The van der Waals surface area contributed by atoms with Crippen LogP contribution in [-0.2, 0) is 5.41 Å². The summed E-state index contributed by atoms with van der Waals surface area (Å²) in [5, 5.41) is 0. The number of aromatic nitrogens is 4. The fourth-order valence-electron chi connectivity index (χ4n) is 5.89. The molecule has 8 rings (SSSR count). The molecular weight excluding hydrogens is 484 g/mol. The van der Waals surface area contributed by atoms with E-state index in [1.165, 1.54) is 12.7 Å². The monoisotopic (exact) mass is 504 g/mol. The normalized spacial score (nSPS) is 13.7. The topological polar surface area (TPSA) is 70.0 Å². The third-order valence-corrected chi connectivity index (χ3v) is 7.51. The van der Waals surface area contributed by atoms with Crippen LogP contribution in [0.3, 0.4) is 0 Å². The van der Waals surface area contributed by atoms with Crippen LogP contribution in [0, 0.1) is 0 Å². The van der Waals surface area contributed by atoms with E-state index in [0.29, 0.717) is 5.82 Å². The van der Waals surface area contributed by atoms with Gasteiger partial charge in [0, 0.05) is 39.6 Å². The van der Waals surface area contributed by atoms with Crippen molar-refractivity contribution in [2.24, 2.45) is 0 Å². The lowest BCUT2D eigenvalue weighted by molar-refractivity contribution is 0.399. The number of para-hydroxylation sites is 2. The zero-order chi connectivity index (χ0) is 25.8. The second-order valence-corrected chi connectivity index (χ2v) is 9.55. The number of ether oxygens (including phenoxy) is 2. The van der Waals surface area contributed by atoms with Crippen molar-refractivity contribution in [3.63, 3.8) is 0 Å². The average Bonchev–Trinajstić information content (AvgIpc) is 3.01. The SMILES string of the molecule is c1ccc(-c2ccc3c(c2)Oc2cc(-c4ncncn4)ccc2C32c3ccccc3Oc3ccccc32)nc1. The zero-order valence-electron chi connectivity index (χ0n) is 20.7. The Morgan fingerprint density at radius 1 is 0.487 bits per heavy atom. The molecule has 0 aliphatic carbocycles. The van der Waals surface area contributed by atoms with Crippen LogP contribution in [0.15, 0.2) is 122 Å². The van der Waals surface area contributed by atoms with Gasteiger partial charge in [0.2, 0.25) is 0 Å². The standard InChI is InChI=1S/C33H20N4O2/c1-3-10-28-23(7-1)33(24-8-2-4-11-29(24)38-28)25-14-12-21(27-9-5-6-16-35-27)17-30(25)39-31-18-22(13-15-26(31)33)32-36-19-34-20-37-32/h1-20H. The molecule has 4 aromatic carbocycles. The molecule has 0 saturated heterocycles. The molecule has 0 N–H and O–H groups in total. The quantitative estimate of drug-likeness (QED) is 0.248. The molecule has 0 bridgehead atoms. The second-order valence-electron chi connectivity index (χ2n) is 9.55. The number of benzene rings is 4. The highest BCUT2D eigenvalue weighted by molar-refractivity contribution is 5.78. The molecule has 6 heteroatoms. The van der Waals surface area contributed by atoms with Crippen LogP contribution in [0.5, 0.6) is 23.0 Å². The highest BCUT2D eigenvalue weighted by atomic mass is 16.5. The van der Waals surface area contributed by atoms with Gasteiger partial charge in [0.1, 0.15) is 35.7 Å². The largest absolute Gasteiger partial charge is 0.457 e. The first-order valence-electron chi connectivity index (χ1n) is 12.7. The van der Waals surface area contributed by atoms with Gasteiger partial charge < -0.3 is 9.47 Å². The van der Waals surface area contributed by atoms with E-state index in [1.807, 2.05) is 54.6 Å². The lowest BCUT2D eigenvalue weighted by Gasteiger charge is -2.45. The summed E-state index contributed by atoms with van der Waals surface area (Å²) in [5.74, 6) is 3.75. The minimum atomic E-state index is -0.658. The van der Waals surface area contributed by atoms with Crippen molar-refractivity contribution < 1.29 is 9.47 Å². The molecule has 6 aromatic rings. The summed E-state index contributed by atoms with van der Waals surface area (Å²) in [6.45, 7) is 0. The Hall–Kier alpha value is -5.36. The van der Waals surface area contributed by atoms with Crippen molar-refractivity contribution >= 4 is 0 Å². The number of hydrogen-bond donors (Lipinski definition) is 0. The van der Waals surface area contributed by atoms with Gasteiger partial charge in [-0.3, -0.25) is 4.98 Å². The van der Waals surface area contributed by atoms with E-state index in [9.17, 15) is 0 Å². The molecule has 0 radical (unpaired) electrons. The fourth-order valence-corrected chi connectivity index (χ4v) is 5.89. The van der Waals surface area contributed by atoms with Crippen molar-refractivity contribution in [2.75, 3.05) is 0 Å². The number of pyridine rings is 1. The Balaban J connectivity index is 1.46. The molecular formula is C33H20N4O2. The molecule has 39 heavy (non-hydrogen) atoms. The Bertz CT molecular complexity index is 1740. The summed E-state index contributed by atoms with van der Waals surface area (Å²) in [5.41, 5.74) is 6.26. The minimum Gasteiger partial charge on any atom is -0.457 e. The third-order valence-electron chi connectivity index (χ3n) is 7.51. The first kappa shape index (κ1) is 21.7. The van der Waals surface area contributed by atoms with Crippen molar-refractivity contribution in [3.8, 4) is 45.6 Å². The first-order chi connectivity index (χ1) is 19.3. The lowest BCUT2D eigenvalue weighted by atomic mass is 9.62. The maximum atomic E-state index is 6.72. The summed E-state index contributed by atoms with van der Waals surface area (Å²) < 4.78 is 13.2. The van der Waals surface area contributed by atoms with Crippen LogP contribution in [0.2, 0.25) is 0 Å². The molecule has 0 saturated carbocycles. The first-order valence-corrected chi connectivity index (χ1v) is 12.7. The maximum Gasteiger partial charge on any atom is 0.162 e. The molecule has 0 fully saturated rings. The van der Waals surface area contributed by atoms with E-state index in [2.05, 4.69) is 68.5 Å². The summed E-state index contributed by atoms with van der Waals surface area (Å²) >= 11 is 0. The Labute approximate surface area is 224 Å². The van der Waals surface area contributed by atoms with Crippen LogP contribution >= 0.6 is 0 Å². The molecule has 0 amide bonds. The zero-order valence-corrected chi connectivity index (χ0v) is 20.7. The molecule has 4 heterocycles. The van der Waals surface area contributed by atoms with Crippen LogP contribution < -0.4 is 9.47 Å². The van der Waals surface area contributed by atoms with Crippen LogP contribution in [-0.4, -0.2) is 19.9 Å². The molecule has 184 valence electrons. The van der Waals surface area contributed by atoms with E-state index >= 15 is 0 Å². The molecule has 1 spiro atoms. The summed E-state index contributed by atoms with van der Waals surface area (Å²) in [6, 6.07) is 35.0. The minimum absolute atomic E-state index is 0.589. The van der Waals surface area contributed by atoms with Gasteiger partial charge in [-0.2, -0.15) is 0 Å². The van der Waals surface area contributed by atoms with E-state index in [-0.39, 0.29) is 0 Å². The third kappa shape index (κ3) is 3.15. The van der Waals surface area contributed by atoms with Crippen LogP contribution in [0.4, 0.5) is 0 Å². The molecule has 0 unspecified atom stereocenters. The Kier molecular flexibility index (Phi) is 4.63. The van der Waals surface area contributed by atoms with Crippen LogP contribution in [0.25, 0.3) is 22.6 Å². The van der Waals surface area contributed by atoms with Gasteiger partial charge in [-0.15, -0.1) is 0 Å². The Morgan fingerprint density at radius 2 is 1.05 bits per heavy atom. The summed E-state index contributed by atoms with van der Waals surface area (Å²) in [4.78, 5) is 17.3. The van der Waals surface area contributed by atoms with Crippen molar-refractivity contribution in [3.05, 3.63) is 144 Å². The van der Waals surface area contributed by atoms with E-state index in [4.69, 9.17) is 9.47 Å². The van der Waals surface area contributed by atoms with E-state index in [0.717, 1.165) is 62.1 Å². The molecule has 2 aromatic heterocycles. The van der Waals surface area contributed by atoms with Gasteiger partial charge in [-0.25, -0.2) is 15.0 Å². The summed E-state index contributed by atoms with van der Waals surface area (Å²) in [7, 11) is 0. The maximum absolute atomic E-state index is 6.72. The molecule has 0 atom stereocenters. The highest BCUT2D eigenvalue weighted by Gasteiger charge is 2.50. The van der Waals surface area contributed by atoms with Crippen molar-refractivity contribution in [2.45, 2.75) is 5.41 Å². The van der Waals surface area contributed by atoms with Crippen molar-refractivity contribution in [1.29, 1.82) is 0 Å². The van der Waals surface area contributed by atoms with Gasteiger partial charge in [0.25, 0.3) is 0 Å². The van der Waals surface area contributed by atoms with Gasteiger partial charge in [0.15, 0.2) is 5.82 Å². The predicted molar refractivity (Wildman–Crippen MR) is 147 cm³/mol. The van der Waals surface area contributed by atoms with Gasteiger partial charge in [0.05, 0.1) is 11.1 Å². The number of hydrogen-bond acceptors (Lipinski definition) is 6. The van der Waals surface area contributed by atoms with Gasteiger partial charge in [-0.1, -0.05) is 66.7 Å². The van der Waals surface area contributed by atoms with E-state index < -0.39 is 5.41 Å². The highest BCUT2D eigenvalue weighted by Crippen LogP contribution is 2.61. The van der Waals surface area contributed by atoms with E-state index in [1.54, 1.807) is 6.20 Å². The van der Waals surface area contributed by atoms with Crippen LogP contribution in [0.1, 0.15) is 22.3 Å². The smallest absolute Gasteiger partial charge is 0.162 e. The molecule has 2 aliphatic heterocycles. The molecule has 2 aliphatic rings. The number of fused-ring (bicyclic) bond motifs is 8. The van der Waals surface area contributed by atoms with Crippen molar-refractivity contribution in [1.82, 2.24) is 19.9 Å². The predicted octanol–water partition coefficient (Wildman–Crippen LogP) is 7.19. The van der Waals surface area contributed by atoms with Gasteiger partial charge in [-0.05, 0) is 36.4 Å². The number of rotatable bonds is 2. The number of nitrogens with zero attached hydrogens (tertiary/aromatic N) is 4. The molecule has 6 nitrogen and oxygen atoms in total. The fraction of sp³-hybridized carbons (Fsp3) is 0.0303.